The number of hydrogen-bond donors (Lipinski definition) is 1. The number of sulfonamides is 1. The molecule has 2 heterocycles. The average molecular weight is 428 g/mol. The molecule has 0 atom stereocenters. The molecule has 0 saturated heterocycles. The van der Waals surface area contributed by atoms with E-state index in [1.165, 1.54) is 18.5 Å². The fraction of sp³-hybridized carbons (Fsp3) is 0. The Kier molecular flexibility index (Phi) is 4.44. The van der Waals surface area contributed by atoms with E-state index in [-0.39, 0.29) is 10.0 Å². The molecule has 5 nitrogen and oxygen atoms in total. The van der Waals surface area contributed by atoms with E-state index in [0.29, 0.717) is 14.8 Å². The minimum Gasteiger partial charge on any atom is -0.278 e. The SMILES string of the molecule is O=S(=O)(Nc1ccc(Br)nc1)c1cc(Br)cnc1Cl. The summed E-state index contributed by atoms with van der Waals surface area (Å²) >= 11 is 12.1. The van der Waals surface area contributed by atoms with E-state index in [1.54, 1.807) is 12.1 Å². The molecule has 0 saturated carbocycles. The molecular weight excluding hydrogens is 421 g/mol. The molecule has 0 unspecified atom stereocenters. The summed E-state index contributed by atoms with van der Waals surface area (Å²) in [6.45, 7) is 0. The van der Waals surface area contributed by atoms with Crippen LogP contribution in [0.5, 0.6) is 0 Å². The van der Waals surface area contributed by atoms with Gasteiger partial charge in [0.05, 0.1) is 11.9 Å². The van der Waals surface area contributed by atoms with Crippen LogP contribution in [0.15, 0.2) is 44.6 Å². The van der Waals surface area contributed by atoms with Crippen LogP contribution in [0.3, 0.4) is 0 Å². The van der Waals surface area contributed by atoms with Crippen LogP contribution in [0.4, 0.5) is 5.69 Å². The number of hydrogen-bond acceptors (Lipinski definition) is 4. The van der Waals surface area contributed by atoms with E-state index in [2.05, 4.69) is 46.5 Å². The van der Waals surface area contributed by atoms with Crippen molar-refractivity contribution in [1.29, 1.82) is 0 Å². The summed E-state index contributed by atoms with van der Waals surface area (Å²) in [5, 5.41) is -0.0965. The van der Waals surface area contributed by atoms with Gasteiger partial charge in [0.25, 0.3) is 10.0 Å². The van der Waals surface area contributed by atoms with Gasteiger partial charge in [-0.05, 0) is 50.1 Å². The Balaban J connectivity index is 2.37. The van der Waals surface area contributed by atoms with E-state index >= 15 is 0 Å². The predicted octanol–water partition coefficient (Wildman–Crippen LogP) is 3.46. The van der Waals surface area contributed by atoms with Gasteiger partial charge in [0.15, 0.2) is 0 Å². The van der Waals surface area contributed by atoms with E-state index in [4.69, 9.17) is 11.6 Å². The Morgan fingerprint density at radius 3 is 2.53 bits per heavy atom. The highest BCUT2D eigenvalue weighted by Gasteiger charge is 2.19. The van der Waals surface area contributed by atoms with Gasteiger partial charge in [-0.2, -0.15) is 0 Å². The van der Waals surface area contributed by atoms with Gasteiger partial charge in [-0.1, -0.05) is 11.6 Å². The van der Waals surface area contributed by atoms with Gasteiger partial charge in [0.1, 0.15) is 14.7 Å². The van der Waals surface area contributed by atoms with Gasteiger partial charge >= 0.3 is 0 Å². The van der Waals surface area contributed by atoms with E-state index in [1.807, 2.05) is 0 Å². The second-order valence-corrected chi connectivity index (χ2v) is 7.15. The van der Waals surface area contributed by atoms with Gasteiger partial charge < -0.3 is 0 Å². The monoisotopic (exact) mass is 425 g/mol. The molecule has 0 amide bonds. The minimum absolute atomic E-state index is 0.0965. The maximum absolute atomic E-state index is 12.2. The first kappa shape index (κ1) is 14.7. The summed E-state index contributed by atoms with van der Waals surface area (Å²) < 4.78 is 27.8. The third-order valence-electron chi connectivity index (χ3n) is 2.04. The Morgan fingerprint density at radius 2 is 1.89 bits per heavy atom. The second-order valence-electron chi connectivity index (χ2n) is 3.42. The first-order valence-corrected chi connectivity index (χ1v) is 8.28. The fourth-order valence-corrected chi connectivity index (χ4v) is 3.46. The number of nitrogens with one attached hydrogen (secondary N) is 1. The van der Waals surface area contributed by atoms with Crippen LogP contribution in [0.1, 0.15) is 0 Å². The smallest absolute Gasteiger partial charge is 0.265 e. The summed E-state index contributed by atoms with van der Waals surface area (Å²) in [4.78, 5) is 7.60. The van der Waals surface area contributed by atoms with Crippen LogP contribution in [-0.2, 0) is 10.0 Å². The van der Waals surface area contributed by atoms with Crippen molar-refractivity contribution in [2.24, 2.45) is 0 Å². The van der Waals surface area contributed by atoms with Gasteiger partial charge in [-0.25, -0.2) is 18.4 Å². The summed E-state index contributed by atoms with van der Waals surface area (Å²) in [6.07, 6.45) is 2.81. The normalized spacial score (nSPS) is 11.3. The molecule has 9 heteroatoms. The topological polar surface area (TPSA) is 72.0 Å². The Hall–Kier alpha value is -0.700. The molecule has 0 bridgehead atoms. The highest BCUT2D eigenvalue weighted by molar-refractivity contribution is 9.10. The Morgan fingerprint density at radius 1 is 1.16 bits per heavy atom. The van der Waals surface area contributed by atoms with Crippen molar-refractivity contribution in [3.63, 3.8) is 0 Å². The first-order valence-electron chi connectivity index (χ1n) is 4.84. The number of nitrogens with zero attached hydrogens (tertiary/aromatic N) is 2. The average Bonchev–Trinajstić information content (AvgIpc) is 2.35. The zero-order valence-electron chi connectivity index (χ0n) is 9.14. The molecule has 100 valence electrons. The highest BCUT2D eigenvalue weighted by Crippen LogP contribution is 2.24. The molecule has 2 aromatic rings. The predicted molar refractivity (Wildman–Crippen MR) is 79.7 cm³/mol. The van der Waals surface area contributed by atoms with Gasteiger partial charge in [-0.15, -0.1) is 0 Å². The third kappa shape index (κ3) is 3.65. The number of pyridine rings is 2. The highest BCUT2D eigenvalue weighted by atomic mass is 79.9. The molecule has 1 N–H and O–H groups in total. The van der Waals surface area contributed by atoms with Gasteiger partial charge in [0.2, 0.25) is 0 Å². The van der Waals surface area contributed by atoms with E-state index < -0.39 is 10.0 Å². The lowest BCUT2D eigenvalue weighted by Crippen LogP contribution is -2.14. The van der Waals surface area contributed by atoms with Crippen LogP contribution in [0.25, 0.3) is 0 Å². The molecule has 0 aliphatic carbocycles. The van der Waals surface area contributed by atoms with Crippen LogP contribution in [0, 0.1) is 0 Å². The molecule has 0 spiro atoms. The van der Waals surface area contributed by atoms with Crippen LogP contribution in [-0.4, -0.2) is 18.4 Å². The Labute approximate surface area is 131 Å². The lowest BCUT2D eigenvalue weighted by molar-refractivity contribution is 0.601. The largest absolute Gasteiger partial charge is 0.278 e. The summed E-state index contributed by atoms with van der Waals surface area (Å²) in [5.41, 5.74) is 0.333. The van der Waals surface area contributed by atoms with E-state index in [9.17, 15) is 8.42 Å². The molecular formula is C10H6Br2ClN3O2S. The number of rotatable bonds is 3. The Bertz CT molecular complexity index is 707. The molecule has 0 radical (unpaired) electrons. The zero-order valence-corrected chi connectivity index (χ0v) is 13.9. The molecule has 19 heavy (non-hydrogen) atoms. The third-order valence-corrected chi connectivity index (χ3v) is 4.75. The van der Waals surface area contributed by atoms with Crippen molar-refractivity contribution in [3.05, 3.63) is 44.8 Å². The molecule has 2 rings (SSSR count). The first-order chi connectivity index (χ1) is 8.88. The lowest BCUT2D eigenvalue weighted by atomic mass is 10.4. The number of halogens is 3. The van der Waals surface area contributed by atoms with Crippen molar-refractivity contribution in [3.8, 4) is 0 Å². The summed E-state index contributed by atoms with van der Waals surface area (Å²) in [6, 6.07) is 4.58. The number of anilines is 1. The second kappa shape index (κ2) is 5.74. The molecule has 0 aromatic carbocycles. The van der Waals surface area contributed by atoms with Gasteiger partial charge in [-0.3, -0.25) is 4.72 Å². The molecule has 0 aliphatic heterocycles. The number of aromatic nitrogens is 2. The van der Waals surface area contributed by atoms with E-state index in [0.717, 1.165) is 0 Å². The molecule has 2 aromatic heterocycles. The summed E-state index contributed by atoms with van der Waals surface area (Å²) in [7, 11) is -3.81. The van der Waals surface area contributed by atoms with Crippen LogP contribution >= 0.6 is 43.5 Å². The van der Waals surface area contributed by atoms with Crippen molar-refractivity contribution < 1.29 is 8.42 Å². The van der Waals surface area contributed by atoms with Crippen LogP contribution < -0.4 is 4.72 Å². The van der Waals surface area contributed by atoms with Crippen molar-refractivity contribution in [1.82, 2.24) is 9.97 Å². The van der Waals surface area contributed by atoms with Crippen LogP contribution in [0.2, 0.25) is 5.15 Å². The maximum atomic E-state index is 12.2. The van der Waals surface area contributed by atoms with Crippen molar-refractivity contribution >= 4 is 59.2 Å². The van der Waals surface area contributed by atoms with Crippen molar-refractivity contribution in [2.45, 2.75) is 4.90 Å². The van der Waals surface area contributed by atoms with Crippen molar-refractivity contribution in [2.75, 3.05) is 4.72 Å². The zero-order chi connectivity index (χ0) is 14.0. The standard InChI is InChI=1S/C10H6Br2ClN3O2S/c11-6-3-8(10(13)15-4-6)19(17,18)16-7-1-2-9(12)14-5-7/h1-5,16H. The summed E-state index contributed by atoms with van der Waals surface area (Å²) in [5.74, 6) is 0. The molecule has 0 aliphatic rings. The van der Waals surface area contributed by atoms with Gasteiger partial charge in [0, 0.05) is 10.7 Å². The molecule has 0 fully saturated rings. The maximum Gasteiger partial charge on any atom is 0.265 e. The minimum atomic E-state index is -3.81. The quantitative estimate of drug-likeness (QED) is 0.762. The fourth-order valence-electron chi connectivity index (χ4n) is 1.24. The lowest BCUT2D eigenvalue weighted by Gasteiger charge is -2.09.